The number of hydrogen-bond acceptors (Lipinski definition) is 3. The van der Waals surface area contributed by atoms with E-state index < -0.39 is 6.61 Å². The van der Waals surface area contributed by atoms with E-state index in [9.17, 15) is 8.78 Å². The summed E-state index contributed by atoms with van der Waals surface area (Å²) >= 11 is 11.3. The minimum atomic E-state index is -2.90. The molecule has 0 aliphatic rings. The molecule has 2 aromatic rings. The van der Waals surface area contributed by atoms with Crippen LogP contribution >= 0.6 is 23.8 Å². The third-order valence-corrected chi connectivity index (χ3v) is 4.52. The van der Waals surface area contributed by atoms with Crippen LogP contribution in [0, 0.1) is 20.8 Å². The van der Waals surface area contributed by atoms with Crippen LogP contribution in [0.3, 0.4) is 0 Å². The van der Waals surface area contributed by atoms with Gasteiger partial charge in [0.25, 0.3) is 0 Å². The van der Waals surface area contributed by atoms with Crippen molar-refractivity contribution in [3.05, 3.63) is 40.2 Å². The van der Waals surface area contributed by atoms with Crippen molar-refractivity contribution < 1.29 is 13.5 Å². The first kappa shape index (κ1) is 20.4. The molecule has 0 atom stereocenters. The van der Waals surface area contributed by atoms with Crippen LogP contribution in [0.25, 0.3) is 0 Å². The Morgan fingerprint density at radius 1 is 1.35 bits per heavy atom. The minimum Gasteiger partial charge on any atom is -0.433 e. The second kappa shape index (κ2) is 9.14. The highest BCUT2D eigenvalue weighted by molar-refractivity contribution is 7.80. The van der Waals surface area contributed by atoms with E-state index in [0.29, 0.717) is 28.9 Å². The summed E-state index contributed by atoms with van der Waals surface area (Å²) in [5.74, 6) is 0.0482. The standard InChI is InChI=1S/C17H21ClF2N4OS/c1-10-5-6-14(25-16(19)20)13(9-10)22-17(26)21-7-4-8-24-12(3)15(18)11(2)23-24/h5-6,9,16H,4,7-8H2,1-3H3,(H2,21,22,26). The zero-order valence-electron chi connectivity index (χ0n) is 14.8. The Kier molecular flexibility index (Phi) is 7.16. The van der Waals surface area contributed by atoms with Gasteiger partial charge in [0.2, 0.25) is 0 Å². The lowest BCUT2D eigenvalue weighted by atomic mass is 10.2. The fraction of sp³-hybridized carbons (Fsp3) is 0.412. The monoisotopic (exact) mass is 402 g/mol. The molecule has 0 unspecified atom stereocenters. The number of nitrogens with zero attached hydrogens (tertiary/aromatic N) is 2. The van der Waals surface area contributed by atoms with Gasteiger partial charge in [0.1, 0.15) is 5.75 Å². The lowest BCUT2D eigenvalue weighted by Crippen LogP contribution is -2.30. The smallest absolute Gasteiger partial charge is 0.387 e. The summed E-state index contributed by atoms with van der Waals surface area (Å²) in [5.41, 5.74) is 3.03. The Bertz CT molecular complexity index is 782. The Labute approximate surface area is 161 Å². The highest BCUT2D eigenvalue weighted by Gasteiger charge is 2.11. The number of thiocarbonyl (C=S) groups is 1. The molecule has 0 aliphatic carbocycles. The van der Waals surface area contributed by atoms with Crippen molar-refractivity contribution in [3.63, 3.8) is 0 Å². The second-order valence-corrected chi connectivity index (χ2v) is 6.61. The molecular formula is C17H21ClF2N4OS. The van der Waals surface area contributed by atoms with Crippen LogP contribution in [0.15, 0.2) is 18.2 Å². The molecule has 0 fully saturated rings. The third kappa shape index (κ3) is 5.54. The van der Waals surface area contributed by atoms with Gasteiger partial charge < -0.3 is 15.4 Å². The SMILES string of the molecule is Cc1ccc(OC(F)F)c(NC(=S)NCCCn2nc(C)c(Cl)c2C)c1. The van der Waals surface area contributed by atoms with Crippen LogP contribution in [0.5, 0.6) is 5.75 Å². The van der Waals surface area contributed by atoms with Crippen molar-refractivity contribution in [2.75, 3.05) is 11.9 Å². The minimum absolute atomic E-state index is 0.0482. The molecule has 0 spiro atoms. The lowest BCUT2D eigenvalue weighted by Gasteiger charge is -2.15. The molecule has 0 radical (unpaired) electrons. The highest BCUT2D eigenvalue weighted by Crippen LogP contribution is 2.27. The predicted octanol–water partition coefficient (Wildman–Crippen LogP) is 4.44. The molecule has 0 aliphatic heterocycles. The molecule has 1 aromatic heterocycles. The quantitative estimate of drug-likeness (QED) is 0.529. The number of aromatic nitrogens is 2. The van der Waals surface area contributed by atoms with Gasteiger partial charge in [-0.2, -0.15) is 13.9 Å². The number of ether oxygens (including phenoxy) is 1. The summed E-state index contributed by atoms with van der Waals surface area (Å²) in [7, 11) is 0. The molecule has 1 aromatic carbocycles. The van der Waals surface area contributed by atoms with Crippen molar-refractivity contribution in [2.24, 2.45) is 0 Å². The van der Waals surface area contributed by atoms with Gasteiger partial charge >= 0.3 is 6.61 Å². The molecule has 0 amide bonds. The van der Waals surface area contributed by atoms with Crippen molar-refractivity contribution in [1.29, 1.82) is 0 Å². The zero-order chi connectivity index (χ0) is 19.3. The van der Waals surface area contributed by atoms with Gasteiger partial charge in [-0.15, -0.1) is 0 Å². The maximum absolute atomic E-state index is 12.5. The molecule has 9 heteroatoms. The number of alkyl halides is 2. The van der Waals surface area contributed by atoms with Crippen LogP contribution in [-0.2, 0) is 6.54 Å². The van der Waals surface area contributed by atoms with E-state index in [4.69, 9.17) is 23.8 Å². The maximum Gasteiger partial charge on any atom is 0.387 e. The fourth-order valence-corrected chi connectivity index (χ4v) is 2.78. The van der Waals surface area contributed by atoms with E-state index in [2.05, 4.69) is 20.5 Å². The number of aryl methyl sites for hydroxylation is 3. The van der Waals surface area contributed by atoms with Crippen LogP contribution in [0.1, 0.15) is 23.4 Å². The predicted molar refractivity (Wildman–Crippen MR) is 103 cm³/mol. The van der Waals surface area contributed by atoms with Crippen LogP contribution in [0.4, 0.5) is 14.5 Å². The van der Waals surface area contributed by atoms with Crippen molar-refractivity contribution >= 4 is 34.6 Å². The number of benzene rings is 1. The van der Waals surface area contributed by atoms with Gasteiger partial charge in [-0.3, -0.25) is 4.68 Å². The first-order valence-electron chi connectivity index (χ1n) is 8.07. The molecule has 0 saturated heterocycles. The topological polar surface area (TPSA) is 51.1 Å². The Hall–Kier alpha value is -1.93. The average molecular weight is 403 g/mol. The Balaban J connectivity index is 1.85. The fourth-order valence-electron chi connectivity index (χ4n) is 2.43. The highest BCUT2D eigenvalue weighted by atomic mass is 35.5. The van der Waals surface area contributed by atoms with Gasteiger partial charge in [0.05, 0.1) is 22.1 Å². The van der Waals surface area contributed by atoms with E-state index in [0.717, 1.165) is 23.4 Å². The van der Waals surface area contributed by atoms with E-state index in [-0.39, 0.29) is 5.75 Å². The van der Waals surface area contributed by atoms with Crippen LogP contribution in [-0.4, -0.2) is 28.0 Å². The molecule has 2 rings (SSSR count). The van der Waals surface area contributed by atoms with E-state index in [1.54, 1.807) is 12.1 Å². The van der Waals surface area contributed by atoms with E-state index >= 15 is 0 Å². The van der Waals surface area contributed by atoms with Crippen molar-refractivity contribution in [2.45, 2.75) is 40.3 Å². The maximum atomic E-state index is 12.5. The molecular weight excluding hydrogens is 382 g/mol. The summed E-state index contributed by atoms with van der Waals surface area (Å²) in [6.07, 6.45) is 0.772. The summed E-state index contributed by atoms with van der Waals surface area (Å²) in [5, 5.41) is 11.3. The van der Waals surface area contributed by atoms with Crippen molar-refractivity contribution in [3.8, 4) is 5.75 Å². The third-order valence-electron chi connectivity index (χ3n) is 3.72. The summed E-state index contributed by atoms with van der Waals surface area (Å²) in [6.45, 7) is 4.03. The van der Waals surface area contributed by atoms with Gasteiger partial charge in [0.15, 0.2) is 5.11 Å². The van der Waals surface area contributed by atoms with Gasteiger partial charge in [-0.25, -0.2) is 0 Å². The second-order valence-electron chi connectivity index (χ2n) is 5.82. The summed E-state index contributed by atoms with van der Waals surface area (Å²) < 4.78 is 31.3. The number of halogens is 3. The number of hydrogen-bond donors (Lipinski definition) is 2. The molecule has 0 bridgehead atoms. The van der Waals surface area contributed by atoms with Crippen LogP contribution in [0.2, 0.25) is 5.02 Å². The normalized spacial score (nSPS) is 10.9. The zero-order valence-corrected chi connectivity index (χ0v) is 16.3. The van der Waals surface area contributed by atoms with E-state index in [1.165, 1.54) is 6.07 Å². The molecule has 26 heavy (non-hydrogen) atoms. The van der Waals surface area contributed by atoms with Gasteiger partial charge in [0, 0.05) is 13.1 Å². The Morgan fingerprint density at radius 3 is 2.69 bits per heavy atom. The number of nitrogens with one attached hydrogen (secondary N) is 2. The van der Waals surface area contributed by atoms with Gasteiger partial charge in [-0.1, -0.05) is 17.7 Å². The van der Waals surface area contributed by atoms with Crippen LogP contribution < -0.4 is 15.4 Å². The van der Waals surface area contributed by atoms with E-state index in [1.807, 2.05) is 25.5 Å². The lowest BCUT2D eigenvalue weighted by molar-refractivity contribution is -0.0493. The molecule has 2 N–H and O–H groups in total. The first-order valence-corrected chi connectivity index (χ1v) is 8.86. The number of anilines is 1. The van der Waals surface area contributed by atoms with Gasteiger partial charge in [-0.05, 0) is 57.1 Å². The Morgan fingerprint density at radius 2 is 2.08 bits per heavy atom. The molecule has 1 heterocycles. The largest absolute Gasteiger partial charge is 0.433 e. The summed E-state index contributed by atoms with van der Waals surface area (Å²) in [6, 6.07) is 4.88. The number of rotatable bonds is 7. The first-order chi connectivity index (χ1) is 12.3. The molecule has 5 nitrogen and oxygen atoms in total. The van der Waals surface area contributed by atoms with Crippen molar-refractivity contribution in [1.82, 2.24) is 15.1 Å². The molecule has 0 saturated carbocycles. The average Bonchev–Trinajstić information content (AvgIpc) is 2.81. The summed E-state index contributed by atoms with van der Waals surface area (Å²) in [4.78, 5) is 0. The molecule has 142 valence electrons.